The molecule has 51 heavy (non-hydrogen) atoms. The summed E-state index contributed by atoms with van der Waals surface area (Å²) in [6, 6.07) is 50.3. The summed E-state index contributed by atoms with van der Waals surface area (Å²) < 4.78 is 2.35. The maximum atomic E-state index is 7.00. The van der Waals surface area contributed by atoms with E-state index in [0.717, 1.165) is 44.4 Å². The van der Waals surface area contributed by atoms with Crippen LogP contribution in [-0.2, 0) is 5.41 Å². The summed E-state index contributed by atoms with van der Waals surface area (Å²) in [6.45, 7) is 4.63. The predicted octanol–water partition coefficient (Wildman–Crippen LogP) is 7.40. The highest BCUT2D eigenvalue weighted by Gasteiger charge is 2.36. The second-order valence-corrected chi connectivity index (χ2v) is 13.9. The summed E-state index contributed by atoms with van der Waals surface area (Å²) in [4.78, 5) is 2.01. The molecule has 1 aromatic heterocycles. The lowest BCUT2D eigenvalue weighted by atomic mass is 9.64. The van der Waals surface area contributed by atoms with E-state index in [4.69, 9.17) is 31.4 Å². The van der Waals surface area contributed by atoms with E-state index < -0.39 is 0 Å². The Bertz CT molecular complexity index is 2580. The van der Waals surface area contributed by atoms with Gasteiger partial charge in [0.2, 0.25) is 0 Å². The molecule has 8 aromatic rings. The lowest BCUT2D eigenvalue weighted by molar-refractivity contribution is 0.661. The third-order valence-corrected chi connectivity index (χ3v) is 10.7. The van der Waals surface area contributed by atoms with E-state index in [1.807, 2.05) is 71.6 Å². The number of benzene rings is 7. The van der Waals surface area contributed by atoms with Gasteiger partial charge in [0.15, 0.2) is 0 Å². The normalized spacial score (nSPS) is 13.0. The number of fused-ring (bicyclic) bond motifs is 6. The number of nitrogens with zero attached hydrogens (tertiary/aromatic N) is 2. The van der Waals surface area contributed by atoms with Crippen molar-refractivity contribution in [3.63, 3.8) is 0 Å². The predicted molar refractivity (Wildman–Crippen MR) is 220 cm³/mol. The van der Waals surface area contributed by atoms with E-state index in [9.17, 15) is 0 Å². The van der Waals surface area contributed by atoms with Crippen LogP contribution in [-0.4, -0.2) is 36.0 Å². The van der Waals surface area contributed by atoms with Gasteiger partial charge in [-0.05, 0) is 94.0 Å². The summed E-state index contributed by atoms with van der Waals surface area (Å²) in [5.41, 5.74) is 13.7. The maximum absolute atomic E-state index is 7.00. The van der Waals surface area contributed by atoms with E-state index >= 15 is 0 Å². The van der Waals surface area contributed by atoms with Crippen LogP contribution in [0.1, 0.15) is 25.0 Å². The van der Waals surface area contributed by atoms with Gasteiger partial charge in [0, 0.05) is 38.9 Å². The molecular weight excluding hydrogens is 612 g/mol. The van der Waals surface area contributed by atoms with Crippen LogP contribution in [0.15, 0.2) is 146 Å². The molecule has 1 aliphatic carbocycles. The van der Waals surface area contributed by atoms with Gasteiger partial charge in [0.1, 0.15) is 31.4 Å². The summed E-state index contributed by atoms with van der Waals surface area (Å²) in [5, 5.41) is 2.24. The molecule has 0 unspecified atom stereocenters. The maximum Gasteiger partial charge on any atom is 0.115 e. The molecule has 0 N–H and O–H groups in total. The molecule has 2 nitrogen and oxygen atoms in total. The zero-order valence-corrected chi connectivity index (χ0v) is 28.6. The SMILES string of the molecule is [B]c1c([B])c(N(c2ccccc2)c2ccccc2)c([B])c([B])c1-c1ccc2c(c1)c1cc3c(cc1n2-c1ccccc1)C(C)(C)c1ccccc1-3. The van der Waals surface area contributed by atoms with Gasteiger partial charge in [-0.2, -0.15) is 0 Å². The van der Waals surface area contributed by atoms with Crippen molar-refractivity contribution in [2.45, 2.75) is 19.3 Å². The molecular formula is C45H30B4N2. The quantitative estimate of drug-likeness (QED) is 0.178. The Kier molecular flexibility index (Phi) is 7.23. The molecule has 9 rings (SSSR count). The van der Waals surface area contributed by atoms with Crippen molar-refractivity contribution in [3.8, 4) is 27.9 Å². The second-order valence-electron chi connectivity index (χ2n) is 13.9. The molecule has 0 spiro atoms. The van der Waals surface area contributed by atoms with Gasteiger partial charge >= 0.3 is 0 Å². The summed E-state index contributed by atoms with van der Waals surface area (Å²) >= 11 is 0. The van der Waals surface area contributed by atoms with Gasteiger partial charge in [-0.15, -0.1) is 0 Å². The first-order chi connectivity index (χ1) is 24.8. The molecule has 0 atom stereocenters. The van der Waals surface area contributed by atoms with Crippen LogP contribution in [0.25, 0.3) is 49.7 Å². The molecule has 0 saturated heterocycles. The van der Waals surface area contributed by atoms with Gasteiger partial charge in [0.05, 0.1) is 11.0 Å². The minimum absolute atomic E-state index is 0.129. The number of anilines is 3. The smallest absolute Gasteiger partial charge is 0.115 e. The van der Waals surface area contributed by atoms with Crippen LogP contribution in [0.5, 0.6) is 0 Å². The molecule has 0 amide bonds. The molecule has 0 saturated carbocycles. The Morgan fingerprint density at radius 1 is 0.490 bits per heavy atom. The first kappa shape index (κ1) is 31.4. The highest BCUT2D eigenvalue weighted by molar-refractivity contribution is 6.63. The Hall–Kier alpha value is -5.60. The minimum Gasteiger partial charge on any atom is -0.312 e. The lowest BCUT2D eigenvalue weighted by Crippen LogP contribution is -2.46. The first-order valence-electron chi connectivity index (χ1n) is 17.2. The Balaban J connectivity index is 1.29. The number of hydrogen-bond donors (Lipinski definition) is 0. The number of para-hydroxylation sites is 3. The Morgan fingerprint density at radius 2 is 1.04 bits per heavy atom. The van der Waals surface area contributed by atoms with Crippen LogP contribution >= 0.6 is 0 Å². The number of hydrogen-bond acceptors (Lipinski definition) is 1. The van der Waals surface area contributed by atoms with Crippen LogP contribution in [0.2, 0.25) is 0 Å². The third-order valence-electron chi connectivity index (χ3n) is 10.7. The molecule has 6 heteroatoms. The van der Waals surface area contributed by atoms with E-state index in [0.29, 0.717) is 33.1 Å². The molecule has 0 aliphatic heterocycles. The van der Waals surface area contributed by atoms with Crippen molar-refractivity contribution in [1.29, 1.82) is 0 Å². The standard InChI is InChI=1S/C45H30B4N2/c1-45(2)35-21-13-12-20-31(35)32-25-34-33-24-27(22-23-37(33)51(38(34)26-36(32)45)30-18-10-5-11-19-30)39-40(46)42(48)44(43(49)41(39)47)50(28-14-6-3-7-15-28)29-16-8-4-9-17-29/h3-26H,1-2H3. The Morgan fingerprint density at radius 3 is 1.67 bits per heavy atom. The second kappa shape index (κ2) is 11.7. The van der Waals surface area contributed by atoms with Gasteiger partial charge in [-0.3, -0.25) is 0 Å². The summed E-state index contributed by atoms with van der Waals surface area (Å²) in [5.74, 6) is 0. The Labute approximate surface area is 304 Å². The van der Waals surface area contributed by atoms with Crippen LogP contribution in [0.4, 0.5) is 17.1 Å². The first-order valence-corrected chi connectivity index (χ1v) is 17.2. The van der Waals surface area contributed by atoms with Crippen LogP contribution in [0.3, 0.4) is 0 Å². The van der Waals surface area contributed by atoms with Crippen molar-refractivity contribution in [3.05, 3.63) is 157 Å². The highest BCUT2D eigenvalue weighted by atomic mass is 15.1. The fourth-order valence-corrected chi connectivity index (χ4v) is 8.15. The number of rotatable bonds is 5. The van der Waals surface area contributed by atoms with Crippen LogP contribution in [0, 0.1) is 0 Å². The van der Waals surface area contributed by atoms with Gasteiger partial charge < -0.3 is 9.47 Å². The molecule has 1 heterocycles. The average molecular weight is 642 g/mol. The largest absolute Gasteiger partial charge is 0.312 e. The van der Waals surface area contributed by atoms with E-state index in [1.165, 1.54) is 22.3 Å². The minimum atomic E-state index is -0.129. The zero-order chi connectivity index (χ0) is 35.0. The van der Waals surface area contributed by atoms with E-state index in [1.54, 1.807) is 0 Å². The van der Waals surface area contributed by atoms with Gasteiger partial charge in [-0.1, -0.05) is 121 Å². The molecule has 7 aromatic carbocycles. The molecule has 1 aliphatic rings. The van der Waals surface area contributed by atoms with Crippen molar-refractivity contribution >= 4 is 92.1 Å². The van der Waals surface area contributed by atoms with Crippen molar-refractivity contribution in [2.24, 2.45) is 0 Å². The lowest BCUT2D eigenvalue weighted by Gasteiger charge is -2.32. The monoisotopic (exact) mass is 642 g/mol. The highest BCUT2D eigenvalue weighted by Crippen LogP contribution is 2.51. The van der Waals surface area contributed by atoms with Crippen molar-refractivity contribution in [1.82, 2.24) is 4.57 Å². The summed E-state index contributed by atoms with van der Waals surface area (Å²) in [6.07, 6.45) is 0. The third kappa shape index (κ3) is 4.69. The molecule has 0 bridgehead atoms. The molecule has 0 fully saturated rings. The van der Waals surface area contributed by atoms with E-state index in [2.05, 4.69) is 97.3 Å². The fourth-order valence-electron chi connectivity index (χ4n) is 8.15. The zero-order valence-electron chi connectivity index (χ0n) is 28.6. The van der Waals surface area contributed by atoms with Gasteiger partial charge in [0.25, 0.3) is 0 Å². The van der Waals surface area contributed by atoms with E-state index in [-0.39, 0.29) is 5.41 Å². The van der Waals surface area contributed by atoms with Crippen molar-refractivity contribution < 1.29 is 0 Å². The van der Waals surface area contributed by atoms with Crippen molar-refractivity contribution in [2.75, 3.05) is 4.90 Å². The van der Waals surface area contributed by atoms with Crippen LogP contribution < -0.4 is 26.8 Å². The molecule has 232 valence electrons. The number of aromatic nitrogens is 1. The fraction of sp³-hybridized carbons (Fsp3) is 0.0667. The topological polar surface area (TPSA) is 8.17 Å². The average Bonchev–Trinajstić information content (AvgIpc) is 3.60. The molecule has 8 radical (unpaired) electrons. The van der Waals surface area contributed by atoms with Gasteiger partial charge in [-0.25, -0.2) is 0 Å². The summed E-state index contributed by atoms with van der Waals surface area (Å²) in [7, 11) is 27.9.